The molecule has 1 heterocycles. The Morgan fingerprint density at radius 1 is 1.12 bits per heavy atom. The number of nitro benzene ring substituents is 1. The highest BCUT2D eigenvalue weighted by atomic mass is 16.6. The zero-order chi connectivity index (χ0) is 18.7. The van der Waals surface area contributed by atoms with E-state index in [0.29, 0.717) is 16.8 Å². The smallest absolute Gasteiger partial charge is 0.337 e. The Morgan fingerprint density at radius 2 is 1.77 bits per heavy atom. The molecule has 2 atom stereocenters. The molecule has 0 spiro atoms. The van der Waals surface area contributed by atoms with Crippen molar-refractivity contribution in [1.29, 1.82) is 0 Å². The average Bonchev–Trinajstić information content (AvgIpc) is 2.67. The Hall–Kier alpha value is -3.19. The summed E-state index contributed by atoms with van der Waals surface area (Å²) in [6.07, 6.45) is -0.297. The van der Waals surface area contributed by atoms with E-state index in [-0.39, 0.29) is 11.9 Å². The Balaban J connectivity index is 2.11. The quantitative estimate of drug-likeness (QED) is 0.499. The molecular formula is C19H19N3O4. The number of carbonyl (C=O) groups is 1. The van der Waals surface area contributed by atoms with Crippen molar-refractivity contribution < 1.29 is 14.5 Å². The van der Waals surface area contributed by atoms with Gasteiger partial charge in [-0.1, -0.05) is 48.5 Å². The molecule has 2 aromatic rings. The first-order chi connectivity index (χ1) is 12.5. The fourth-order valence-electron chi connectivity index (χ4n) is 3.15. The van der Waals surface area contributed by atoms with E-state index in [0.717, 1.165) is 5.56 Å². The second-order valence-corrected chi connectivity index (χ2v) is 5.93. The maximum atomic E-state index is 12.4. The largest absolute Gasteiger partial charge is 0.466 e. The number of nitro groups is 1. The van der Waals surface area contributed by atoms with E-state index in [1.165, 1.54) is 13.2 Å². The van der Waals surface area contributed by atoms with Crippen LogP contribution in [0, 0.1) is 10.1 Å². The van der Waals surface area contributed by atoms with E-state index in [9.17, 15) is 14.9 Å². The number of nitrogens with zero attached hydrogens (tertiary/aromatic N) is 1. The van der Waals surface area contributed by atoms with Gasteiger partial charge in [0.1, 0.15) is 6.17 Å². The van der Waals surface area contributed by atoms with Crippen molar-refractivity contribution in [3.63, 3.8) is 0 Å². The van der Waals surface area contributed by atoms with Gasteiger partial charge in [0.25, 0.3) is 5.69 Å². The minimum Gasteiger partial charge on any atom is -0.466 e. The molecule has 0 saturated carbocycles. The lowest BCUT2D eigenvalue weighted by Crippen LogP contribution is -2.44. The van der Waals surface area contributed by atoms with E-state index >= 15 is 0 Å². The van der Waals surface area contributed by atoms with Gasteiger partial charge in [-0.05, 0) is 12.5 Å². The van der Waals surface area contributed by atoms with Crippen molar-refractivity contribution in [1.82, 2.24) is 10.6 Å². The van der Waals surface area contributed by atoms with Crippen LogP contribution in [-0.2, 0) is 9.53 Å². The lowest BCUT2D eigenvalue weighted by molar-refractivity contribution is -0.385. The third kappa shape index (κ3) is 3.29. The molecule has 0 amide bonds. The van der Waals surface area contributed by atoms with Crippen LogP contribution in [0.25, 0.3) is 0 Å². The summed E-state index contributed by atoms with van der Waals surface area (Å²) in [4.78, 5) is 23.4. The molecule has 26 heavy (non-hydrogen) atoms. The van der Waals surface area contributed by atoms with Crippen molar-refractivity contribution >= 4 is 11.7 Å². The molecule has 2 aromatic carbocycles. The number of allylic oxidation sites excluding steroid dienone is 1. The lowest BCUT2D eigenvalue weighted by Gasteiger charge is -2.35. The first kappa shape index (κ1) is 17.6. The van der Waals surface area contributed by atoms with Gasteiger partial charge >= 0.3 is 5.97 Å². The number of para-hydroxylation sites is 1. The summed E-state index contributed by atoms with van der Waals surface area (Å²) in [5.41, 5.74) is 2.27. The molecular weight excluding hydrogens is 334 g/mol. The average molecular weight is 353 g/mol. The van der Waals surface area contributed by atoms with E-state index in [1.54, 1.807) is 25.1 Å². The van der Waals surface area contributed by atoms with Crippen LogP contribution >= 0.6 is 0 Å². The SMILES string of the molecule is COC(=O)C1=C(C)N[C@@H](c2ccccc2)N[C@H]1c1ccccc1[N+](=O)[O-]. The number of ether oxygens (including phenoxy) is 1. The van der Waals surface area contributed by atoms with Crippen LogP contribution in [0.5, 0.6) is 0 Å². The number of carbonyl (C=O) groups excluding carboxylic acids is 1. The van der Waals surface area contributed by atoms with E-state index in [4.69, 9.17) is 4.74 Å². The molecule has 0 aliphatic carbocycles. The van der Waals surface area contributed by atoms with E-state index in [1.807, 2.05) is 30.3 Å². The summed E-state index contributed by atoms with van der Waals surface area (Å²) in [5, 5.41) is 18.0. The van der Waals surface area contributed by atoms with Crippen molar-refractivity contribution in [3.05, 3.63) is 87.1 Å². The number of nitrogens with one attached hydrogen (secondary N) is 2. The van der Waals surface area contributed by atoms with Crippen LogP contribution in [0.1, 0.15) is 30.3 Å². The Bertz CT molecular complexity index is 864. The van der Waals surface area contributed by atoms with Crippen LogP contribution in [0.15, 0.2) is 65.9 Å². The minimum absolute atomic E-state index is 0.0482. The molecule has 0 bridgehead atoms. The Labute approximate surface area is 150 Å². The Morgan fingerprint density at radius 3 is 2.42 bits per heavy atom. The minimum atomic E-state index is -0.671. The predicted octanol–water partition coefficient (Wildman–Crippen LogP) is 2.97. The monoisotopic (exact) mass is 353 g/mol. The highest BCUT2D eigenvalue weighted by Crippen LogP contribution is 2.36. The summed E-state index contributed by atoms with van der Waals surface area (Å²) in [7, 11) is 1.29. The highest BCUT2D eigenvalue weighted by molar-refractivity contribution is 5.91. The molecule has 7 nitrogen and oxygen atoms in total. The predicted molar refractivity (Wildman–Crippen MR) is 96.0 cm³/mol. The van der Waals surface area contributed by atoms with Gasteiger partial charge < -0.3 is 10.1 Å². The topological polar surface area (TPSA) is 93.5 Å². The number of hydrogen-bond acceptors (Lipinski definition) is 6. The second kappa shape index (κ2) is 7.37. The van der Waals surface area contributed by atoms with E-state index < -0.39 is 16.9 Å². The lowest BCUT2D eigenvalue weighted by atomic mass is 9.92. The standard InChI is InChI=1S/C19H19N3O4/c1-12-16(19(23)26-2)17(14-10-6-7-11-15(14)22(24)25)21-18(20-12)13-8-4-3-5-9-13/h3-11,17-18,20-21H,1-2H3/t17-,18+/m0/s1. The molecule has 0 radical (unpaired) electrons. The fourth-order valence-corrected chi connectivity index (χ4v) is 3.15. The number of rotatable bonds is 4. The third-order valence-corrected chi connectivity index (χ3v) is 4.37. The molecule has 0 unspecified atom stereocenters. The first-order valence-corrected chi connectivity index (χ1v) is 8.13. The third-order valence-electron chi connectivity index (χ3n) is 4.37. The molecule has 134 valence electrons. The molecule has 3 rings (SSSR count). The zero-order valence-corrected chi connectivity index (χ0v) is 14.4. The summed E-state index contributed by atoms with van der Waals surface area (Å²) in [6, 6.07) is 15.3. The van der Waals surface area contributed by atoms with Crippen molar-refractivity contribution in [2.24, 2.45) is 0 Å². The maximum Gasteiger partial charge on any atom is 0.337 e. The Kier molecular flexibility index (Phi) is 4.99. The molecule has 0 aromatic heterocycles. The summed E-state index contributed by atoms with van der Waals surface area (Å²) < 4.78 is 4.91. The van der Waals surface area contributed by atoms with Crippen LogP contribution < -0.4 is 10.6 Å². The molecule has 1 aliphatic rings. The maximum absolute atomic E-state index is 12.4. The zero-order valence-electron chi connectivity index (χ0n) is 14.4. The fraction of sp³-hybridized carbons (Fsp3) is 0.211. The van der Waals surface area contributed by atoms with Crippen molar-refractivity contribution in [3.8, 4) is 0 Å². The summed E-state index contributed by atoms with van der Waals surface area (Å²) >= 11 is 0. The van der Waals surface area contributed by atoms with E-state index in [2.05, 4.69) is 10.6 Å². The van der Waals surface area contributed by atoms with Gasteiger partial charge in [0.15, 0.2) is 0 Å². The summed E-state index contributed by atoms with van der Waals surface area (Å²) in [5.74, 6) is -0.530. The van der Waals surface area contributed by atoms with Gasteiger partial charge in [-0.2, -0.15) is 0 Å². The van der Waals surface area contributed by atoms with Crippen molar-refractivity contribution in [2.45, 2.75) is 19.1 Å². The van der Waals surface area contributed by atoms with Gasteiger partial charge in [-0.25, -0.2) is 4.79 Å². The number of methoxy groups -OCH3 is 1. The number of hydrogen-bond donors (Lipinski definition) is 2. The van der Waals surface area contributed by atoms with Crippen LogP contribution in [0.2, 0.25) is 0 Å². The second-order valence-electron chi connectivity index (χ2n) is 5.93. The molecule has 7 heteroatoms. The summed E-state index contributed by atoms with van der Waals surface area (Å²) in [6.45, 7) is 1.77. The van der Waals surface area contributed by atoms with Crippen molar-refractivity contribution in [2.75, 3.05) is 7.11 Å². The van der Waals surface area contributed by atoms with Gasteiger partial charge in [0, 0.05) is 11.8 Å². The molecule has 1 aliphatic heterocycles. The first-order valence-electron chi connectivity index (χ1n) is 8.13. The number of esters is 1. The molecule has 0 saturated heterocycles. The normalized spacial score (nSPS) is 19.6. The van der Waals surface area contributed by atoms with Gasteiger partial charge in [0.05, 0.1) is 29.2 Å². The van der Waals surface area contributed by atoms with Crippen LogP contribution in [-0.4, -0.2) is 18.0 Å². The van der Waals surface area contributed by atoms with Gasteiger partial charge in [-0.3, -0.25) is 15.4 Å². The number of benzene rings is 2. The van der Waals surface area contributed by atoms with Gasteiger partial charge in [0.2, 0.25) is 0 Å². The molecule has 2 N–H and O–H groups in total. The van der Waals surface area contributed by atoms with Crippen LogP contribution in [0.3, 0.4) is 0 Å². The molecule has 0 fully saturated rings. The highest BCUT2D eigenvalue weighted by Gasteiger charge is 2.36. The van der Waals surface area contributed by atoms with Crippen LogP contribution in [0.4, 0.5) is 5.69 Å². The van der Waals surface area contributed by atoms with Gasteiger partial charge in [-0.15, -0.1) is 0 Å².